The van der Waals surface area contributed by atoms with Gasteiger partial charge in [0.25, 0.3) is 0 Å². The zero-order valence-corrected chi connectivity index (χ0v) is 14.6. The summed E-state index contributed by atoms with van der Waals surface area (Å²) in [5.41, 5.74) is 4.78. The Morgan fingerprint density at radius 3 is 2.10 bits per heavy atom. The van der Waals surface area contributed by atoms with Crippen molar-refractivity contribution in [3.05, 3.63) is 34.9 Å². The summed E-state index contributed by atoms with van der Waals surface area (Å²) in [4.78, 5) is 0. The van der Waals surface area contributed by atoms with Crippen molar-refractivity contribution < 1.29 is 0 Å². The minimum absolute atomic E-state index is 0.271. The molecule has 0 radical (unpaired) electrons. The topological polar surface area (TPSA) is 0 Å². The number of benzene rings is 1. The van der Waals surface area contributed by atoms with Gasteiger partial charge in [-0.05, 0) is 41.4 Å². The quantitative estimate of drug-likeness (QED) is 0.582. The standard InChI is InChI=1S/C18H28.C2H6/c1-14-12-16(10-11-17(14)18(2,3)4)13-15-8-6-5-7-9-15;1-2/h10-12,15H,5-9,13H2,1-4H3;1-2H3. The largest absolute Gasteiger partial charge is 0.0683 e. The van der Waals surface area contributed by atoms with Crippen LogP contribution in [0.5, 0.6) is 0 Å². The molecule has 0 atom stereocenters. The lowest BCUT2D eigenvalue weighted by molar-refractivity contribution is 0.356. The van der Waals surface area contributed by atoms with Crippen molar-refractivity contribution in [3.63, 3.8) is 0 Å². The van der Waals surface area contributed by atoms with Crippen molar-refractivity contribution in [1.29, 1.82) is 0 Å². The maximum atomic E-state index is 2.43. The zero-order chi connectivity index (χ0) is 15.2. The van der Waals surface area contributed by atoms with E-state index in [4.69, 9.17) is 0 Å². The smallest absolute Gasteiger partial charge is 0.0129 e. The monoisotopic (exact) mass is 274 g/mol. The van der Waals surface area contributed by atoms with Crippen LogP contribution in [0.15, 0.2) is 18.2 Å². The summed E-state index contributed by atoms with van der Waals surface area (Å²) in [6.07, 6.45) is 8.54. The highest BCUT2D eigenvalue weighted by atomic mass is 14.2. The maximum Gasteiger partial charge on any atom is -0.0129 e. The fourth-order valence-corrected chi connectivity index (χ4v) is 3.42. The molecule has 1 fully saturated rings. The third-order valence-electron chi connectivity index (χ3n) is 4.35. The molecule has 0 unspecified atom stereocenters. The number of rotatable bonds is 2. The van der Waals surface area contributed by atoms with Gasteiger partial charge < -0.3 is 0 Å². The second-order valence-electron chi connectivity index (χ2n) is 7.11. The first kappa shape index (κ1) is 17.3. The van der Waals surface area contributed by atoms with Crippen LogP contribution in [0, 0.1) is 12.8 Å². The van der Waals surface area contributed by atoms with E-state index >= 15 is 0 Å². The fraction of sp³-hybridized carbons (Fsp3) is 0.700. The summed E-state index contributed by atoms with van der Waals surface area (Å²) < 4.78 is 0. The van der Waals surface area contributed by atoms with Gasteiger partial charge in [0.1, 0.15) is 0 Å². The fourth-order valence-electron chi connectivity index (χ4n) is 3.42. The van der Waals surface area contributed by atoms with Crippen LogP contribution in [0.4, 0.5) is 0 Å². The second-order valence-corrected chi connectivity index (χ2v) is 7.11. The summed E-state index contributed by atoms with van der Waals surface area (Å²) in [5, 5.41) is 0. The Morgan fingerprint density at radius 2 is 1.60 bits per heavy atom. The van der Waals surface area contributed by atoms with Crippen LogP contribution in [-0.2, 0) is 11.8 Å². The molecule has 0 bridgehead atoms. The zero-order valence-electron chi connectivity index (χ0n) is 14.6. The number of hydrogen-bond acceptors (Lipinski definition) is 0. The van der Waals surface area contributed by atoms with E-state index in [0.29, 0.717) is 0 Å². The van der Waals surface area contributed by atoms with Gasteiger partial charge in [-0.1, -0.05) is 84.9 Å². The minimum atomic E-state index is 0.271. The molecule has 1 saturated carbocycles. The molecule has 1 aromatic carbocycles. The first-order valence-electron chi connectivity index (χ1n) is 8.57. The van der Waals surface area contributed by atoms with Crippen LogP contribution in [0.25, 0.3) is 0 Å². The maximum absolute atomic E-state index is 2.43. The molecular formula is C20H34. The highest BCUT2D eigenvalue weighted by Gasteiger charge is 2.18. The lowest BCUT2D eigenvalue weighted by Gasteiger charge is -2.24. The average Bonchev–Trinajstić information content (AvgIpc) is 2.41. The van der Waals surface area contributed by atoms with Crippen molar-refractivity contribution in [3.8, 4) is 0 Å². The Hall–Kier alpha value is -0.780. The van der Waals surface area contributed by atoms with E-state index in [-0.39, 0.29) is 5.41 Å². The van der Waals surface area contributed by atoms with Gasteiger partial charge in [0, 0.05) is 0 Å². The van der Waals surface area contributed by atoms with Crippen LogP contribution in [-0.4, -0.2) is 0 Å². The molecular weight excluding hydrogens is 240 g/mol. The molecule has 0 heteroatoms. The lowest BCUT2D eigenvalue weighted by atomic mass is 9.81. The molecule has 20 heavy (non-hydrogen) atoms. The number of hydrogen-bond donors (Lipinski definition) is 0. The van der Waals surface area contributed by atoms with Crippen LogP contribution in [0.2, 0.25) is 0 Å². The summed E-state index contributed by atoms with van der Waals surface area (Å²) in [6, 6.07) is 7.14. The van der Waals surface area contributed by atoms with Gasteiger partial charge in [-0.15, -0.1) is 0 Å². The third kappa shape index (κ3) is 4.96. The highest BCUT2D eigenvalue weighted by molar-refractivity contribution is 5.35. The van der Waals surface area contributed by atoms with E-state index in [0.717, 1.165) is 5.92 Å². The molecule has 2 rings (SSSR count). The van der Waals surface area contributed by atoms with Gasteiger partial charge >= 0.3 is 0 Å². The number of aryl methyl sites for hydroxylation is 1. The van der Waals surface area contributed by atoms with Gasteiger partial charge in [-0.25, -0.2) is 0 Å². The molecule has 1 aromatic rings. The van der Waals surface area contributed by atoms with E-state index in [2.05, 4.69) is 45.9 Å². The van der Waals surface area contributed by atoms with Gasteiger partial charge in [0.05, 0.1) is 0 Å². The van der Waals surface area contributed by atoms with Crippen LogP contribution >= 0.6 is 0 Å². The Labute approximate surface area is 127 Å². The van der Waals surface area contributed by atoms with Crippen LogP contribution in [0.3, 0.4) is 0 Å². The lowest BCUT2D eigenvalue weighted by Crippen LogP contribution is -2.14. The predicted octanol–water partition coefficient (Wildman–Crippen LogP) is 6.44. The van der Waals surface area contributed by atoms with Crippen molar-refractivity contribution >= 4 is 0 Å². The molecule has 0 amide bonds. The van der Waals surface area contributed by atoms with E-state index in [1.54, 1.807) is 5.56 Å². The van der Waals surface area contributed by atoms with E-state index in [1.807, 2.05) is 13.8 Å². The molecule has 1 aliphatic rings. The Morgan fingerprint density at radius 1 is 1.00 bits per heavy atom. The average molecular weight is 274 g/mol. The summed E-state index contributed by atoms with van der Waals surface area (Å²) >= 11 is 0. The molecule has 0 N–H and O–H groups in total. The molecule has 0 spiro atoms. The Balaban J connectivity index is 0.000000956. The van der Waals surface area contributed by atoms with Crippen molar-refractivity contribution in [1.82, 2.24) is 0 Å². The van der Waals surface area contributed by atoms with Gasteiger partial charge in [0.15, 0.2) is 0 Å². The summed E-state index contributed by atoms with van der Waals surface area (Å²) in [6.45, 7) is 13.2. The van der Waals surface area contributed by atoms with E-state index < -0.39 is 0 Å². The minimum Gasteiger partial charge on any atom is -0.0683 e. The predicted molar refractivity (Wildman–Crippen MR) is 91.5 cm³/mol. The van der Waals surface area contributed by atoms with Crippen molar-refractivity contribution in [2.75, 3.05) is 0 Å². The first-order valence-corrected chi connectivity index (χ1v) is 8.57. The molecule has 0 saturated heterocycles. The van der Waals surface area contributed by atoms with E-state index in [1.165, 1.54) is 49.7 Å². The van der Waals surface area contributed by atoms with Gasteiger partial charge in [0.2, 0.25) is 0 Å². The summed E-state index contributed by atoms with van der Waals surface area (Å²) in [5.74, 6) is 0.943. The van der Waals surface area contributed by atoms with Crippen molar-refractivity contribution in [2.45, 2.75) is 85.5 Å². The van der Waals surface area contributed by atoms with Gasteiger partial charge in [-0.2, -0.15) is 0 Å². The Bertz CT molecular complexity index is 389. The molecule has 0 heterocycles. The molecule has 1 aliphatic carbocycles. The van der Waals surface area contributed by atoms with Crippen LogP contribution in [0.1, 0.15) is 83.4 Å². The van der Waals surface area contributed by atoms with E-state index in [9.17, 15) is 0 Å². The normalized spacial score (nSPS) is 16.5. The SMILES string of the molecule is CC.Cc1cc(CC2CCCCC2)ccc1C(C)(C)C. The second kappa shape index (κ2) is 7.86. The molecule has 0 aliphatic heterocycles. The van der Waals surface area contributed by atoms with Crippen molar-refractivity contribution in [2.24, 2.45) is 5.92 Å². The van der Waals surface area contributed by atoms with Gasteiger partial charge in [-0.3, -0.25) is 0 Å². The highest BCUT2D eigenvalue weighted by Crippen LogP contribution is 2.30. The summed E-state index contributed by atoms with van der Waals surface area (Å²) in [7, 11) is 0. The third-order valence-corrected chi connectivity index (χ3v) is 4.35. The molecule has 0 aromatic heterocycles. The Kier molecular flexibility index (Phi) is 6.79. The van der Waals surface area contributed by atoms with Crippen LogP contribution < -0.4 is 0 Å². The molecule has 0 nitrogen and oxygen atoms in total. The first-order chi connectivity index (χ1) is 9.47. The molecule has 114 valence electrons.